The number of benzene rings is 4. The molecule has 4 heterocycles. The van der Waals surface area contributed by atoms with Gasteiger partial charge in [0.25, 0.3) is 11.8 Å². The van der Waals surface area contributed by atoms with E-state index >= 15 is 0 Å². The summed E-state index contributed by atoms with van der Waals surface area (Å²) < 4.78 is 14.7. The number of halogens is 2. The second-order valence-electron chi connectivity index (χ2n) is 15.9. The number of hydrogen-bond donors (Lipinski definition) is 6. The maximum absolute atomic E-state index is 14.7. The monoisotopic (exact) mass is 873 g/mol. The average Bonchev–Trinajstić information content (AvgIpc) is 3.30. The van der Waals surface area contributed by atoms with Gasteiger partial charge in [-0.25, -0.2) is 14.4 Å². The van der Waals surface area contributed by atoms with Gasteiger partial charge in [-0.3, -0.25) is 34.8 Å². The third kappa shape index (κ3) is 11.5. The molecule has 0 saturated carbocycles. The molecule has 0 bridgehead atoms. The Labute approximate surface area is 369 Å². The lowest BCUT2D eigenvalue weighted by Crippen LogP contribution is -2.48. The van der Waals surface area contributed by atoms with Crippen LogP contribution >= 0.6 is 11.6 Å². The van der Waals surface area contributed by atoms with Gasteiger partial charge in [0.15, 0.2) is 11.6 Å². The summed E-state index contributed by atoms with van der Waals surface area (Å²) >= 11 is 6.15. The lowest BCUT2D eigenvalue weighted by Gasteiger charge is -2.37. The van der Waals surface area contributed by atoms with E-state index in [0.717, 1.165) is 82.6 Å². The predicted molar refractivity (Wildman–Crippen MR) is 242 cm³/mol. The Morgan fingerprint density at radius 1 is 0.762 bits per heavy atom. The molecule has 4 aromatic carbocycles. The van der Waals surface area contributed by atoms with E-state index in [0.29, 0.717) is 52.0 Å². The van der Waals surface area contributed by atoms with Gasteiger partial charge in [0.05, 0.1) is 16.9 Å². The van der Waals surface area contributed by atoms with Crippen molar-refractivity contribution >= 4 is 75.4 Å². The first kappa shape index (κ1) is 43.0. The molecule has 3 aliphatic heterocycles. The fourth-order valence-electron chi connectivity index (χ4n) is 7.89. The van der Waals surface area contributed by atoms with Crippen LogP contribution in [0.1, 0.15) is 52.8 Å². The average molecular weight is 874 g/mol. The third-order valence-electron chi connectivity index (χ3n) is 11.6. The maximum Gasteiger partial charge on any atom is 0.265 e. The summed E-state index contributed by atoms with van der Waals surface area (Å²) in [7, 11) is 0. The number of carbonyl (C=O) groups excluding carboxylic acids is 4. The molecule has 63 heavy (non-hydrogen) atoms. The van der Waals surface area contributed by atoms with Gasteiger partial charge in [-0.2, -0.15) is 4.98 Å². The number of anilines is 7. The predicted octanol–water partition coefficient (Wildman–Crippen LogP) is 6.79. The molecule has 3 aliphatic rings. The zero-order chi connectivity index (χ0) is 43.7. The summed E-state index contributed by atoms with van der Waals surface area (Å²) in [6, 6.07) is 28.1. The summed E-state index contributed by atoms with van der Waals surface area (Å²) in [5.41, 5.74) is 7.63. The van der Waals surface area contributed by atoms with Crippen molar-refractivity contribution < 1.29 is 23.6 Å². The molecule has 5 aromatic rings. The Morgan fingerprint density at radius 3 is 2.10 bits per heavy atom. The summed E-state index contributed by atoms with van der Waals surface area (Å²) in [6.07, 6.45) is 5.07. The molecule has 17 heteroatoms. The SMILES string of the molecule is O=C1CCC(Nc2ccc(N3CCN(CCC4CCN(NC(=O)c5ccc(Nc6ncc(F)c(Nc7ccc(C(=O)Nc8ccccc8Cl)cc7)n6)cc5)CC4)CC3)cc2)C(=O)N1. The summed E-state index contributed by atoms with van der Waals surface area (Å²) in [5, 5.41) is 16.8. The molecule has 0 radical (unpaired) electrons. The van der Waals surface area contributed by atoms with Crippen molar-refractivity contribution in [3.8, 4) is 0 Å². The van der Waals surface area contributed by atoms with Gasteiger partial charge < -0.3 is 26.2 Å². The van der Waals surface area contributed by atoms with Crippen molar-refractivity contribution in [1.82, 2.24) is 30.6 Å². The number of aromatic nitrogens is 2. The van der Waals surface area contributed by atoms with E-state index in [9.17, 15) is 23.6 Å². The summed E-state index contributed by atoms with van der Waals surface area (Å²) in [5.74, 6) is -0.958. The second kappa shape index (κ2) is 20.0. The number of hydrogen-bond acceptors (Lipinski definition) is 12. The van der Waals surface area contributed by atoms with Crippen LogP contribution in [-0.4, -0.2) is 95.4 Å². The molecule has 15 nitrogen and oxygen atoms in total. The summed E-state index contributed by atoms with van der Waals surface area (Å²) in [4.78, 5) is 62.7. The number of rotatable bonds is 14. The molecule has 0 aliphatic carbocycles. The molecular formula is C46H49ClFN11O4. The van der Waals surface area contributed by atoms with Gasteiger partial charge >= 0.3 is 0 Å². The molecule has 1 atom stereocenters. The van der Waals surface area contributed by atoms with E-state index in [2.05, 4.69) is 63.9 Å². The van der Waals surface area contributed by atoms with Gasteiger partial charge in [0, 0.05) is 79.6 Å². The first-order chi connectivity index (χ1) is 30.6. The number of imide groups is 1. The molecule has 0 spiro atoms. The number of para-hydroxylation sites is 1. The third-order valence-corrected chi connectivity index (χ3v) is 11.9. The zero-order valence-electron chi connectivity index (χ0n) is 34.6. The van der Waals surface area contributed by atoms with Crippen LogP contribution in [0.3, 0.4) is 0 Å². The molecule has 1 unspecified atom stereocenters. The molecule has 3 fully saturated rings. The van der Waals surface area contributed by atoms with Crippen LogP contribution in [0, 0.1) is 11.7 Å². The first-order valence-electron chi connectivity index (χ1n) is 21.2. The van der Waals surface area contributed by atoms with Crippen LogP contribution in [0.4, 0.5) is 44.6 Å². The molecule has 3 saturated heterocycles. The quantitative estimate of drug-likeness (QED) is 0.0646. The van der Waals surface area contributed by atoms with Gasteiger partial charge in [0.2, 0.25) is 17.8 Å². The Balaban J connectivity index is 0.731. The van der Waals surface area contributed by atoms with Crippen molar-refractivity contribution in [1.29, 1.82) is 0 Å². The van der Waals surface area contributed by atoms with E-state index < -0.39 is 11.9 Å². The number of nitrogens with one attached hydrogen (secondary N) is 6. The Kier molecular flexibility index (Phi) is 13.7. The van der Waals surface area contributed by atoms with Crippen LogP contribution in [0.2, 0.25) is 5.02 Å². The van der Waals surface area contributed by atoms with E-state index in [-0.39, 0.29) is 35.4 Å². The van der Waals surface area contributed by atoms with Gasteiger partial charge in [-0.15, -0.1) is 0 Å². The Morgan fingerprint density at radius 2 is 1.41 bits per heavy atom. The first-order valence-corrected chi connectivity index (χ1v) is 21.6. The molecule has 4 amide bonds. The topological polar surface area (TPSA) is 176 Å². The smallest absolute Gasteiger partial charge is 0.265 e. The summed E-state index contributed by atoms with van der Waals surface area (Å²) in [6.45, 7) is 6.54. The lowest BCUT2D eigenvalue weighted by atomic mass is 9.94. The highest BCUT2D eigenvalue weighted by atomic mass is 35.5. The normalized spacial score (nSPS) is 17.4. The van der Waals surface area contributed by atoms with Crippen LogP contribution < -0.4 is 36.9 Å². The fourth-order valence-corrected chi connectivity index (χ4v) is 8.07. The largest absolute Gasteiger partial charge is 0.374 e. The lowest BCUT2D eigenvalue weighted by molar-refractivity contribution is -0.133. The van der Waals surface area contributed by atoms with Gasteiger partial charge in [-0.05, 0) is 123 Å². The van der Waals surface area contributed by atoms with Crippen molar-refractivity contribution in [3.63, 3.8) is 0 Å². The highest BCUT2D eigenvalue weighted by Crippen LogP contribution is 2.26. The number of piperidine rings is 2. The molecule has 1 aromatic heterocycles. The number of amides is 4. The maximum atomic E-state index is 14.7. The van der Waals surface area contributed by atoms with Gasteiger partial charge in [0.1, 0.15) is 6.04 Å². The van der Waals surface area contributed by atoms with Crippen LogP contribution in [0.25, 0.3) is 0 Å². The Hall–Kier alpha value is -6.62. The van der Waals surface area contributed by atoms with E-state index in [1.165, 1.54) is 0 Å². The van der Waals surface area contributed by atoms with E-state index in [4.69, 9.17) is 11.6 Å². The number of piperazine rings is 1. The van der Waals surface area contributed by atoms with E-state index in [1.54, 1.807) is 72.8 Å². The Bertz CT molecular complexity index is 2410. The van der Waals surface area contributed by atoms with Crippen molar-refractivity contribution in [2.45, 2.75) is 38.1 Å². The van der Waals surface area contributed by atoms with Crippen molar-refractivity contribution in [2.24, 2.45) is 5.92 Å². The zero-order valence-corrected chi connectivity index (χ0v) is 35.3. The van der Waals surface area contributed by atoms with Gasteiger partial charge in [-0.1, -0.05) is 23.7 Å². The van der Waals surface area contributed by atoms with Crippen LogP contribution in [0.5, 0.6) is 0 Å². The van der Waals surface area contributed by atoms with Crippen LogP contribution in [0.15, 0.2) is 103 Å². The fraction of sp³-hybridized carbons (Fsp3) is 0.304. The van der Waals surface area contributed by atoms with Crippen LogP contribution in [-0.2, 0) is 9.59 Å². The standard InChI is InChI=1S/C46H49ClFN11O4/c47-37-3-1-2-4-39(37)53-43(61)31-5-9-34(10-6-31)51-42-38(48)29-49-46(55-42)52-35-11-7-32(8-12-35)44(62)56-59-23-20-30(21-24-59)19-22-57-25-27-58(28-26-57)36-15-13-33(14-16-36)50-40-17-18-41(60)54-45(40)63/h1-16,29-30,40,50H,17-28H2,(H,53,61)(H,56,62)(H,54,60,63)(H2,49,51,52,55). The van der Waals surface area contributed by atoms with E-state index in [1.807, 2.05) is 17.1 Å². The highest BCUT2D eigenvalue weighted by Gasteiger charge is 2.27. The number of nitrogens with zero attached hydrogens (tertiary/aromatic N) is 5. The minimum Gasteiger partial charge on any atom is -0.374 e. The highest BCUT2D eigenvalue weighted by molar-refractivity contribution is 6.33. The molecular weight excluding hydrogens is 825 g/mol. The van der Waals surface area contributed by atoms with Crippen molar-refractivity contribution in [3.05, 3.63) is 125 Å². The molecule has 6 N–H and O–H groups in total. The number of hydrazine groups is 1. The number of carbonyl (C=O) groups is 4. The second-order valence-corrected chi connectivity index (χ2v) is 16.3. The van der Waals surface area contributed by atoms with Crippen molar-refractivity contribution in [2.75, 3.05) is 72.0 Å². The minimum atomic E-state index is -0.656. The molecule has 326 valence electrons. The molecule has 8 rings (SSSR count). The minimum absolute atomic E-state index is 0.0532.